The second kappa shape index (κ2) is 9.75. The molecular formula is C38H32InN5O. The third-order valence-electron chi connectivity index (χ3n) is 9.48. The SMILES string of the molecule is Cc1cccc2[c]1[In]1[N](C2)c2ccc(Oc3ccc4c5ccccc5n(-c5cc(C(C)(C)C)ccn5)c4c3)cc2-c2ncc[n]21. The van der Waals surface area contributed by atoms with Gasteiger partial charge in [0.2, 0.25) is 0 Å². The van der Waals surface area contributed by atoms with Crippen molar-refractivity contribution in [1.82, 2.24) is 17.1 Å². The topological polar surface area (TPSA) is 48.1 Å². The molecule has 3 aromatic heterocycles. The van der Waals surface area contributed by atoms with Crippen molar-refractivity contribution in [3.05, 3.63) is 126 Å². The molecule has 4 aromatic carbocycles. The van der Waals surface area contributed by atoms with Crippen LogP contribution in [0, 0.1) is 6.92 Å². The summed E-state index contributed by atoms with van der Waals surface area (Å²) in [5.74, 6) is 3.57. The molecule has 0 radical (unpaired) electrons. The van der Waals surface area contributed by atoms with Crippen LogP contribution in [0.5, 0.6) is 11.5 Å². The maximum atomic E-state index is 6.63. The summed E-state index contributed by atoms with van der Waals surface area (Å²) in [7, 11) is 0. The fraction of sp³-hybridized carbons (Fsp3) is 0.158. The van der Waals surface area contributed by atoms with Gasteiger partial charge in [-0.15, -0.1) is 0 Å². The van der Waals surface area contributed by atoms with Crippen LogP contribution in [0.15, 0.2) is 110 Å². The van der Waals surface area contributed by atoms with E-state index in [0.717, 1.165) is 46.3 Å². The van der Waals surface area contributed by atoms with Crippen molar-refractivity contribution in [2.45, 2.75) is 39.7 Å². The van der Waals surface area contributed by atoms with Gasteiger partial charge in [0.05, 0.1) is 0 Å². The molecule has 0 saturated carbocycles. The zero-order chi connectivity index (χ0) is 30.4. The monoisotopic (exact) mass is 689 g/mol. The number of hydrogen-bond donors (Lipinski definition) is 0. The molecule has 0 saturated heterocycles. The third-order valence-corrected chi connectivity index (χ3v) is 19.0. The molecule has 0 unspecified atom stereocenters. The Kier molecular flexibility index (Phi) is 5.82. The minimum atomic E-state index is -2.56. The molecule has 5 heterocycles. The molecule has 2 aliphatic heterocycles. The predicted octanol–water partition coefficient (Wildman–Crippen LogP) is 8.02. The van der Waals surface area contributed by atoms with Gasteiger partial charge in [-0.2, -0.15) is 0 Å². The average Bonchev–Trinajstić information content (AvgIpc) is 3.75. The molecule has 218 valence electrons. The number of pyridine rings is 1. The molecule has 0 spiro atoms. The Hall–Kier alpha value is -4.49. The Morgan fingerprint density at radius 2 is 1.60 bits per heavy atom. The first-order valence-corrected chi connectivity index (χ1v) is 20.1. The van der Waals surface area contributed by atoms with E-state index in [1.807, 2.05) is 12.4 Å². The third kappa shape index (κ3) is 4.10. The first kappa shape index (κ1) is 26.9. The first-order valence-electron chi connectivity index (χ1n) is 15.6. The summed E-state index contributed by atoms with van der Waals surface area (Å²) in [5.41, 5.74) is 8.76. The quantitative estimate of drug-likeness (QED) is 0.189. The Morgan fingerprint density at radius 3 is 2.49 bits per heavy atom. The van der Waals surface area contributed by atoms with E-state index < -0.39 is 22.0 Å². The molecule has 0 atom stereocenters. The Bertz CT molecular complexity index is 2310. The molecule has 2 aliphatic rings. The van der Waals surface area contributed by atoms with Gasteiger partial charge in [-0.1, -0.05) is 32.9 Å². The fourth-order valence-electron chi connectivity index (χ4n) is 7.31. The summed E-state index contributed by atoms with van der Waals surface area (Å²) in [6, 6.07) is 32.5. The molecule has 7 heteroatoms. The second-order valence-electron chi connectivity index (χ2n) is 13.3. The maximum absolute atomic E-state index is 6.63. The number of fused-ring (bicyclic) bond motifs is 11. The number of imidazole rings is 1. The summed E-state index contributed by atoms with van der Waals surface area (Å²) in [6.45, 7) is 9.94. The molecule has 6 nitrogen and oxygen atoms in total. The zero-order valence-electron chi connectivity index (χ0n) is 25.8. The van der Waals surface area contributed by atoms with Crippen LogP contribution in [0.4, 0.5) is 5.69 Å². The van der Waals surface area contributed by atoms with Crippen LogP contribution < -0.4 is 10.9 Å². The van der Waals surface area contributed by atoms with E-state index >= 15 is 0 Å². The van der Waals surface area contributed by atoms with E-state index in [4.69, 9.17) is 14.7 Å². The number of para-hydroxylation sites is 1. The number of benzene rings is 4. The summed E-state index contributed by atoms with van der Waals surface area (Å²) >= 11 is -2.56. The van der Waals surface area contributed by atoms with Gasteiger partial charge in [0.1, 0.15) is 0 Å². The van der Waals surface area contributed by atoms with Crippen molar-refractivity contribution < 1.29 is 4.74 Å². The molecule has 0 N–H and O–H groups in total. The van der Waals surface area contributed by atoms with Gasteiger partial charge in [-0.05, 0) is 17.0 Å². The first-order chi connectivity index (χ1) is 21.8. The standard InChI is InChI=1S/C38H32N5O.In/c1-25-8-7-9-26(20-25)24-42-33-15-13-28(22-32(33)37-40-18-19-41-37)44-29-12-14-31-30-10-5-6-11-34(30)43(35(31)23-29)36-21-27(16-17-39-36)38(2,3)4;/h5-19,21-23H,24H2,1-4H3;/q-2;+2. The normalized spacial score (nSPS) is 13.6. The van der Waals surface area contributed by atoms with Crippen LogP contribution in [-0.4, -0.2) is 39.1 Å². The van der Waals surface area contributed by atoms with Crippen LogP contribution >= 0.6 is 0 Å². The number of hydrogen-bond acceptors (Lipinski definition) is 4. The van der Waals surface area contributed by atoms with Gasteiger partial charge in [0.25, 0.3) is 0 Å². The molecule has 7 aromatic rings. The molecular weight excluding hydrogens is 657 g/mol. The number of rotatable bonds is 3. The Balaban J connectivity index is 1.14. The van der Waals surface area contributed by atoms with Crippen LogP contribution in [0.1, 0.15) is 37.5 Å². The van der Waals surface area contributed by atoms with Crippen molar-refractivity contribution in [3.8, 4) is 28.7 Å². The Labute approximate surface area is 270 Å². The van der Waals surface area contributed by atoms with Gasteiger partial charge < -0.3 is 0 Å². The van der Waals surface area contributed by atoms with Gasteiger partial charge in [-0.25, -0.2) is 0 Å². The number of aromatic nitrogens is 4. The minimum absolute atomic E-state index is 0.0202. The van der Waals surface area contributed by atoms with Crippen LogP contribution in [-0.2, 0) is 12.0 Å². The summed E-state index contributed by atoms with van der Waals surface area (Å²) in [5, 5.41) is 2.38. The van der Waals surface area contributed by atoms with E-state index in [0.29, 0.717) is 0 Å². The molecule has 45 heavy (non-hydrogen) atoms. The Morgan fingerprint density at radius 1 is 0.778 bits per heavy atom. The number of ether oxygens (including phenoxy) is 1. The van der Waals surface area contributed by atoms with E-state index in [9.17, 15) is 0 Å². The van der Waals surface area contributed by atoms with Gasteiger partial charge in [0, 0.05) is 6.20 Å². The number of nitrogens with zero attached hydrogens (tertiary/aromatic N) is 5. The van der Waals surface area contributed by atoms with E-state index in [-0.39, 0.29) is 5.41 Å². The summed E-state index contributed by atoms with van der Waals surface area (Å²) in [6.07, 6.45) is 6.07. The molecule has 0 amide bonds. The molecule has 0 fully saturated rings. The number of aryl methyl sites for hydroxylation is 1. The molecule has 0 aliphatic carbocycles. The summed E-state index contributed by atoms with van der Waals surface area (Å²) in [4.78, 5) is 9.70. The average molecular weight is 690 g/mol. The van der Waals surface area contributed by atoms with E-state index in [1.54, 1.807) is 3.32 Å². The fourth-order valence-corrected chi connectivity index (χ4v) is 17.2. The van der Waals surface area contributed by atoms with Crippen LogP contribution in [0.2, 0.25) is 0 Å². The van der Waals surface area contributed by atoms with Crippen LogP contribution in [0.3, 0.4) is 0 Å². The van der Waals surface area contributed by atoms with Crippen LogP contribution in [0.25, 0.3) is 39.0 Å². The molecule has 0 bridgehead atoms. The van der Waals surface area contributed by atoms with Crippen molar-refractivity contribution in [3.63, 3.8) is 0 Å². The van der Waals surface area contributed by atoms with E-state index in [1.165, 1.54) is 33.2 Å². The molecule has 9 rings (SSSR count). The second-order valence-corrected chi connectivity index (χ2v) is 20.4. The van der Waals surface area contributed by atoms with Crippen molar-refractivity contribution >= 4 is 52.8 Å². The van der Waals surface area contributed by atoms with Gasteiger partial charge in [-0.3, -0.25) is 0 Å². The summed E-state index contributed by atoms with van der Waals surface area (Å²) < 4.78 is 15.7. The zero-order valence-corrected chi connectivity index (χ0v) is 29.1. The van der Waals surface area contributed by atoms with Crippen molar-refractivity contribution in [1.29, 1.82) is 0 Å². The van der Waals surface area contributed by atoms with Crippen molar-refractivity contribution in [2.75, 3.05) is 2.89 Å². The van der Waals surface area contributed by atoms with Crippen molar-refractivity contribution in [2.24, 2.45) is 0 Å². The predicted molar refractivity (Wildman–Crippen MR) is 183 cm³/mol. The van der Waals surface area contributed by atoms with Gasteiger partial charge in [0.15, 0.2) is 0 Å². The van der Waals surface area contributed by atoms with Gasteiger partial charge >= 0.3 is 216 Å². The number of anilines is 1. The van der Waals surface area contributed by atoms with E-state index in [2.05, 4.69) is 135 Å².